The number of aromatic nitrogens is 2. The second-order valence-corrected chi connectivity index (χ2v) is 5.08. The fourth-order valence-corrected chi connectivity index (χ4v) is 2.65. The summed E-state index contributed by atoms with van der Waals surface area (Å²) in [4.78, 5) is 15.6. The van der Waals surface area contributed by atoms with E-state index in [1.165, 1.54) is 5.56 Å². The molecule has 0 spiro atoms. The van der Waals surface area contributed by atoms with Gasteiger partial charge in [0.15, 0.2) is 5.82 Å². The molecule has 0 aliphatic carbocycles. The highest BCUT2D eigenvalue weighted by atomic mass is 16.2. The van der Waals surface area contributed by atoms with E-state index in [2.05, 4.69) is 24.0 Å². The summed E-state index contributed by atoms with van der Waals surface area (Å²) in [5, 5.41) is 8.66. The molecule has 0 atom stereocenters. The molecule has 1 amide bonds. The molecular formula is C14H23N5O. The van der Waals surface area contributed by atoms with Gasteiger partial charge in [0.1, 0.15) is 0 Å². The van der Waals surface area contributed by atoms with Crippen molar-refractivity contribution in [2.75, 3.05) is 31.6 Å². The number of nitrogens with zero attached hydrogens (tertiary/aromatic N) is 4. The maximum absolute atomic E-state index is 11.9. The molecule has 0 radical (unpaired) electrons. The van der Waals surface area contributed by atoms with Crippen LogP contribution in [0.25, 0.3) is 0 Å². The highest BCUT2D eigenvalue weighted by molar-refractivity contribution is 5.82. The highest BCUT2D eigenvalue weighted by Crippen LogP contribution is 2.24. The van der Waals surface area contributed by atoms with Gasteiger partial charge >= 0.3 is 0 Å². The van der Waals surface area contributed by atoms with E-state index in [-0.39, 0.29) is 5.91 Å². The molecule has 1 aromatic heterocycles. The fraction of sp³-hybridized carbons (Fsp3) is 0.643. The Balaban J connectivity index is 2.39. The number of rotatable bonds is 4. The molecule has 110 valence electrons. The average molecular weight is 277 g/mol. The highest BCUT2D eigenvalue weighted by Gasteiger charge is 2.25. The van der Waals surface area contributed by atoms with Crippen LogP contribution in [0.15, 0.2) is 0 Å². The molecule has 1 saturated heterocycles. The van der Waals surface area contributed by atoms with Crippen LogP contribution in [-0.2, 0) is 24.2 Å². The van der Waals surface area contributed by atoms with E-state index >= 15 is 0 Å². The second-order valence-electron chi connectivity index (χ2n) is 5.08. The lowest BCUT2D eigenvalue weighted by molar-refractivity contribution is -0.129. The molecular weight excluding hydrogens is 254 g/mol. The smallest absolute Gasteiger partial charge is 0.241 e. The van der Waals surface area contributed by atoms with Crippen molar-refractivity contribution >= 4 is 11.7 Å². The monoisotopic (exact) mass is 277 g/mol. The molecule has 1 aliphatic heterocycles. The van der Waals surface area contributed by atoms with Crippen LogP contribution >= 0.6 is 0 Å². The third-order valence-electron chi connectivity index (χ3n) is 3.90. The Morgan fingerprint density at radius 2 is 1.90 bits per heavy atom. The molecule has 1 aromatic rings. The molecule has 6 heteroatoms. The van der Waals surface area contributed by atoms with Gasteiger partial charge in [0.05, 0.1) is 12.2 Å². The van der Waals surface area contributed by atoms with E-state index in [0.717, 1.165) is 36.5 Å². The lowest BCUT2D eigenvalue weighted by Crippen LogP contribution is -2.49. The third kappa shape index (κ3) is 2.60. The van der Waals surface area contributed by atoms with Gasteiger partial charge in [-0.15, -0.1) is 5.10 Å². The lowest BCUT2D eigenvalue weighted by atomic mass is 10.0. The molecule has 20 heavy (non-hydrogen) atoms. The van der Waals surface area contributed by atoms with Crippen molar-refractivity contribution in [3.63, 3.8) is 0 Å². The van der Waals surface area contributed by atoms with Crippen molar-refractivity contribution in [1.82, 2.24) is 15.1 Å². The Hall–Kier alpha value is -1.69. The quantitative estimate of drug-likeness (QED) is 0.859. The first-order valence-electron chi connectivity index (χ1n) is 7.18. The number of amides is 1. The Morgan fingerprint density at radius 3 is 2.45 bits per heavy atom. The van der Waals surface area contributed by atoms with Gasteiger partial charge in [-0.05, 0) is 18.4 Å². The number of nitrogens with two attached hydrogens (primary N) is 1. The summed E-state index contributed by atoms with van der Waals surface area (Å²) in [6.07, 6.45) is 1.74. The molecule has 2 heterocycles. The van der Waals surface area contributed by atoms with E-state index in [1.54, 1.807) is 4.90 Å². The normalized spacial score (nSPS) is 15.9. The zero-order chi connectivity index (χ0) is 14.7. The first-order valence-corrected chi connectivity index (χ1v) is 7.18. The van der Waals surface area contributed by atoms with Gasteiger partial charge in [-0.2, -0.15) is 5.10 Å². The number of hydrogen-bond acceptors (Lipinski definition) is 5. The molecule has 1 fully saturated rings. The predicted octanol–water partition coefficient (Wildman–Crippen LogP) is 0.339. The van der Waals surface area contributed by atoms with Crippen molar-refractivity contribution in [2.24, 2.45) is 5.73 Å². The molecule has 0 bridgehead atoms. The number of piperazine rings is 1. The van der Waals surface area contributed by atoms with Crippen LogP contribution in [0.2, 0.25) is 0 Å². The number of likely N-dealkylation sites (N-methyl/N-ethyl adjacent to an activating group) is 1. The summed E-state index contributed by atoms with van der Waals surface area (Å²) < 4.78 is 0. The van der Waals surface area contributed by atoms with Crippen LogP contribution in [0.3, 0.4) is 0 Å². The Morgan fingerprint density at radius 1 is 1.15 bits per heavy atom. The number of anilines is 1. The Labute approximate surface area is 120 Å². The topological polar surface area (TPSA) is 75.4 Å². The summed E-state index contributed by atoms with van der Waals surface area (Å²) >= 11 is 0. The van der Waals surface area contributed by atoms with E-state index < -0.39 is 0 Å². The predicted molar refractivity (Wildman–Crippen MR) is 78.5 cm³/mol. The van der Waals surface area contributed by atoms with Crippen molar-refractivity contribution in [3.8, 4) is 0 Å². The third-order valence-corrected chi connectivity index (χ3v) is 3.90. The van der Waals surface area contributed by atoms with Crippen molar-refractivity contribution in [3.05, 3.63) is 16.8 Å². The van der Waals surface area contributed by atoms with Gasteiger partial charge in [0.2, 0.25) is 5.91 Å². The Bertz CT molecular complexity index is 503. The van der Waals surface area contributed by atoms with Crippen LogP contribution in [0.1, 0.15) is 30.7 Å². The van der Waals surface area contributed by atoms with Crippen molar-refractivity contribution < 1.29 is 4.79 Å². The van der Waals surface area contributed by atoms with E-state index in [9.17, 15) is 4.79 Å². The second kappa shape index (κ2) is 6.17. The van der Waals surface area contributed by atoms with E-state index in [4.69, 9.17) is 5.73 Å². The molecule has 2 N–H and O–H groups in total. The molecule has 0 unspecified atom stereocenters. The first-order chi connectivity index (χ1) is 9.62. The van der Waals surface area contributed by atoms with Gasteiger partial charge in [0, 0.05) is 32.2 Å². The zero-order valence-electron chi connectivity index (χ0n) is 12.5. The maximum atomic E-state index is 11.9. The zero-order valence-corrected chi connectivity index (χ0v) is 12.5. The molecule has 0 saturated carbocycles. The van der Waals surface area contributed by atoms with E-state index in [1.807, 2.05) is 11.9 Å². The van der Waals surface area contributed by atoms with Crippen molar-refractivity contribution in [1.29, 1.82) is 0 Å². The minimum Gasteiger partial charge on any atom is -0.344 e. The van der Waals surface area contributed by atoms with Gasteiger partial charge in [-0.1, -0.05) is 13.8 Å². The summed E-state index contributed by atoms with van der Waals surface area (Å²) in [5.74, 6) is 0.890. The van der Waals surface area contributed by atoms with Crippen LogP contribution in [-0.4, -0.2) is 47.7 Å². The fourth-order valence-electron chi connectivity index (χ4n) is 2.65. The number of carbonyl (C=O) groups is 1. The maximum Gasteiger partial charge on any atom is 0.241 e. The number of hydrogen-bond donors (Lipinski definition) is 1. The summed E-state index contributed by atoms with van der Waals surface area (Å²) in [5.41, 5.74) is 9.17. The first kappa shape index (κ1) is 14.7. The number of aryl methyl sites for hydroxylation is 1. The molecule has 0 aromatic carbocycles. The Kier molecular flexibility index (Phi) is 4.54. The lowest BCUT2D eigenvalue weighted by Gasteiger charge is -2.33. The van der Waals surface area contributed by atoms with Gasteiger partial charge in [0.25, 0.3) is 0 Å². The SMILES string of the molecule is CCc1nnc(N2CCN(C)C(=O)C2)c(CN)c1CC. The largest absolute Gasteiger partial charge is 0.344 e. The molecule has 6 nitrogen and oxygen atoms in total. The standard InChI is InChI=1S/C14H23N5O/c1-4-10-11(8-15)14(17-16-12(10)5-2)19-7-6-18(3)13(20)9-19/h4-9,15H2,1-3H3. The van der Waals surface area contributed by atoms with Crippen molar-refractivity contribution in [2.45, 2.75) is 33.2 Å². The average Bonchev–Trinajstić information content (AvgIpc) is 2.48. The van der Waals surface area contributed by atoms with Crippen LogP contribution in [0.5, 0.6) is 0 Å². The van der Waals surface area contributed by atoms with E-state index in [0.29, 0.717) is 19.6 Å². The van der Waals surface area contributed by atoms with Crippen LogP contribution in [0, 0.1) is 0 Å². The summed E-state index contributed by atoms with van der Waals surface area (Å²) in [6.45, 7) is 6.45. The van der Waals surface area contributed by atoms with Crippen LogP contribution < -0.4 is 10.6 Å². The molecule has 1 aliphatic rings. The summed E-state index contributed by atoms with van der Waals surface area (Å²) in [6, 6.07) is 0. The summed E-state index contributed by atoms with van der Waals surface area (Å²) in [7, 11) is 1.83. The number of carbonyl (C=O) groups excluding carboxylic acids is 1. The molecule has 2 rings (SSSR count). The minimum atomic E-state index is 0.110. The van der Waals surface area contributed by atoms with Crippen LogP contribution in [0.4, 0.5) is 5.82 Å². The van der Waals surface area contributed by atoms with Gasteiger partial charge in [-0.3, -0.25) is 4.79 Å². The van der Waals surface area contributed by atoms with Gasteiger partial charge in [-0.25, -0.2) is 0 Å². The minimum absolute atomic E-state index is 0.110. The van der Waals surface area contributed by atoms with Gasteiger partial charge < -0.3 is 15.5 Å².